The summed E-state index contributed by atoms with van der Waals surface area (Å²) in [5, 5.41) is 2.79. The first-order valence-electron chi connectivity index (χ1n) is 9.62. The van der Waals surface area contributed by atoms with Gasteiger partial charge in [-0.1, -0.05) is 6.07 Å². The minimum Gasteiger partial charge on any atom is -0.491 e. The molecule has 0 unspecified atom stereocenters. The van der Waals surface area contributed by atoms with Gasteiger partial charge in [0.05, 0.1) is 11.0 Å². The minimum absolute atomic E-state index is 0.0168. The van der Waals surface area contributed by atoms with E-state index in [1.54, 1.807) is 36.4 Å². The zero-order chi connectivity index (χ0) is 21.0. The Kier molecular flexibility index (Phi) is 6.56. The van der Waals surface area contributed by atoms with Gasteiger partial charge in [0, 0.05) is 37.4 Å². The van der Waals surface area contributed by atoms with Crippen molar-refractivity contribution in [2.24, 2.45) is 0 Å². The molecule has 8 heteroatoms. The van der Waals surface area contributed by atoms with Gasteiger partial charge in [0.1, 0.15) is 5.75 Å². The number of piperazine rings is 1. The molecule has 0 aromatic heterocycles. The fraction of sp³-hybridized carbons (Fsp3) is 0.381. The summed E-state index contributed by atoms with van der Waals surface area (Å²) in [7, 11) is -1.54. The van der Waals surface area contributed by atoms with Crippen molar-refractivity contribution >= 4 is 21.6 Å². The zero-order valence-corrected chi connectivity index (χ0v) is 17.8. The Morgan fingerprint density at radius 1 is 1.03 bits per heavy atom. The van der Waals surface area contributed by atoms with Crippen LogP contribution in [0.2, 0.25) is 0 Å². The van der Waals surface area contributed by atoms with E-state index in [0.717, 1.165) is 0 Å². The van der Waals surface area contributed by atoms with E-state index in [1.807, 2.05) is 20.9 Å². The maximum atomic E-state index is 12.8. The Morgan fingerprint density at radius 3 is 2.31 bits per heavy atom. The summed E-state index contributed by atoms with van der Waals surface area (Å²) < 4.78 is 32.7. The molecule has 1 heterocycles. The molecule has 1 saturated heterocycles. The van der Waals surface area contributed by atoms with Crippen LogP contribution < -0.4 is 10.1 Å². The van der Waals surface area contributed by atoms with Crippen LogP contribution in [0.1, 0.15) is 24.2 Å². The number of carbonyl (C=O) groups is 1. The summed E-state index contributed by atoms with van der Waals surface area (Å²) in [5.74, 6) is 0.343. The molecular weight excluding hydrogens is 390 g/mol. The van der Waals surface area contributed by atoms with Gasteiger partial charge in [0.2, 0.25) is 10.0 Å². The lowest BCUT2D eigenvalue weighted by Crippen LogP contribution is -2.46. The van der Waals surface area contributed by atoms with Gasteiger partial charge in [-0.15, -0.1) is 0 Å². The number of rotatable bonds is 6. The van der Waals surface area contributed by atoms with E-state index in [9.17, 15) is 13.2 Å². The first-order valence-corrected chi connectivity index (χ1v) is 11.1. The first-order chi connectivity index (χ1) is 13.8. The molecular formula is C21H27N3O4S. The van der Waals surface area contributed by atoms with Crippen molar-refractivity contribution < 1.29 is 17.9 Å². The van der Waals surface area contributed by atoms with Crippen molar-refractivity contribution in [3.8, 4) is 5.75 Å². The van der Waals surface area contributed by atoms with Crippen LogP contribution in [-0.4, -0.2) is 62.9 Å². The molecule has 1 fully saturated rings. The molecule has 2 aromatic rings. The van der Waals surface area contributed by atoms with E-state index in [-0.39, 0.29) is 16.9 Å². The quantitative estimate of drug-likeness (QED) is 0.782. The molecule has 0 radical (unpaired) electrons. The molecule has 29 heavy (non-hydrogen) atoms. The minimum atomic E-state index is -3.52. The molecule has 7 nitrogen and oxygen atoms in total. The molecule has 0 atom stereocenters. The highest BCUT2D eigenvalue weighted by atomic mass is 32.2. The van der Waals surface area contributed by atoms with Gasteiger partial charge in [-0.2, -0.15) is 4.31 Å². The fourth-order valence-electron chi connectivity index (χ4n) is 3.07. The van der Waals surface area contributed by atoms with Crippen LogP contribution in [0.25, 0.3) is 0 Å². The van der Waals surface area contributed by atoms with Gasteiger partial charge in [0.25, 0.3) is 5.91 Å². The fourth-order valence-corrected chi connectivity index (χ4v) is 4.50. The van der Waals surface area contributed by atoms with Crippen LogP contribution in [0.4, 0.5) is 5.69 Å². The molecule has 0 spiro atoms. The Hall–Kier alpha value is -2.42. The number of carbonyl (C=O) groups excluding carboxylic acids is 1. The maximum absolute atomic E-state index is 12.8. The Balaban J connectivity index is 1.68. The van der Waals surface area contributed by atoms with E-state index < -0.39 is 10.0 Å². The van der Waals surface area contributed by atoms with Crippen LogP contribution in [0, 0.1) is 0 Å². The van der Waals surface area contributed by atoms with E-state index in [2.05, 4.69) is 10.2 Å². The van der Waals surface area contributed by atoms with Crippen molar-refractivity contribution in [3.63, 3.8) is 0 Å². The van der Waals surface area contributed by atoms with Crippen molar-refractivity contribution in [2.75, 3.05) is 38.5 Å². The Labute approximate surface area is 172 Å². The predicted molar refractivity (Wildman–Crippen MR) is 113 cm³/mol. The van der Waals surface area contributed by atoms with Crippen molar-refractivity contribution in [3.05, 3.63) is 54.1 Å². The van der Waals surface area contributed by atoms with Crippen molar-refractivity contribution in [1.29, 1.82) is 0 Å². The SMILES string of the molecule is CC(C)Oc1cccc(C(=O)Nc2ccc(S(=O)(=O)N3CCN(C)CC3)cc2)c1. The predicted octanol–water partition coefficient (Wildman–Crippen LogP) is 2.66. The van der Waals surface area contributed by atoms with Crippen LogP contribution >= 0.6 is 0 Å². The van der Waals surface area contributed by atoms with Gasteiger partial charge in [-0.25, -0.2) is 8.42 Å². The number of likely N-dealkylation sites (N-methyl/N-ethyl adjacent to an activating group) is 1. The molecule has 2 aromatic carbocycles. The lowest BCUT2D eigenvalue weighted by Gasteiger charge is -2.31. The molecule has 1 aliphatic rings. The second kappa shape index (κ2) is 8.94. The number of nitrogens with zero attached hydrogens (tertiary/aromatic N) is 2. The monoisotopic (exact) mass is 417 g/mol. The van der Waals surface area contributed by atoms with Gasteiger partial charge < -0.3 is 15.0 Å². The molecule has 0 aliphatic carbocycles. The maximum Gasteiger partial charge on any atom is 0.255 e. The molecule has 1 N–H and O–H groups in total. The topological polar surface area (TPSA) is 78.9 Å². The second-order valence-corrected chi connectivity index (χ2v) is 9.32. The third-order valence-corrected chi connectivity index (χ3v) is 6.59. The normalized spacial score (nSPS) is 16.0. The Morgan fingerprint density at radius 2 is 1.69 bits per heavy atom. The van der Waals surface area contributed by atoms with Crippen molar-refractivity contribution in [2.45, 2.75) is 24.8 Å². The molecule has 156 valence electrons. The van der Waals surface area contributed by atoms with E-state index in [0.29, 0.717) is 43.2 Å². The average molecular weight is 418 g/mol. The summed E-state index contributed by atoms with van der Waals surface area (Å²) in [6.07, 6.45) is 0.0168. The van der Waals surface area contributed by atoms with Crippen LogP contribution in [0.3, 0.4) is 0 Å². The number of hydrogen-bond donors (Lipinski definition) is 1. The van der Waals surface area contributed by atoms with E-state index >= 15 is 0 Å². The van der Waals surface area contributed by atoms with Crippen LogP contribution in [-0.2, 0) is 10.0 Å². The summed E-state index contributed by atoms with van der Waals surface area (Å²) in [4.78, 5) is 14.8. The molecule has 0 saturated carbocycles. The number of sulfonamides is 1. The highest BCUT2D eigenvalue weighted by Crippen LogP contribution is 2.21. The largest absolute Gasteiger partial charge is 0.491 e. The zero-order valence-electron chi connectivity index (χ0n) is 17.0. The molecule has 1 amide bonds. The summed E-state index contributed by atoms with van der Waals surface area (Å²) in [5.41, 5.74) is 1.000. The van der Waals surface area contributed by atoms with E-state index in [1.165, 1.54) is 16.4 Å². The number of hydrogen-bond acceptors (Lipinski definition) is 5. The molecule has 1 aliphatic heterocycles. The Bertz CT molecular complexity index is 950. The number of benzene rings is 2. The summed E-state index contributed by atoms with van der Waals surface area (Å²) >= 11 is 0. The van der Waals surface area contributed by atoms with E-state index in [4.69, 9.17) is 4.74 Å². The second-order valence-electron chi connectivity index (χ2n) is 7.38. The molecule has 0 bridgehead atoms. The van der Waals surface area contributed by atoms with Gasteiger partial charge in [-0.3, -0.25) is 4.79 Å². The highest BCUT2D eigenvalue weighted by molar-refractivity contribution is 7.89. The first kappa shape index (κ1) is 21.3. The van der Waals surface area contributed by atoms with Gasteiger partial charge in [-0.05, 0) is 63.4 Å². The number of anilines is 1. The standard InChI is InChI=1S/C21H27N3O4S/c1-16(2)28-19-6-4-5-17(15-19)21(25)22-18-7-9-20(10-8-18)29(26,27)24-13-11-23(3)12-14-24/h4-10,15-16H,11-14H2,1-3H3,(H,22,25). The van der Waals surface area contributed by atoms with Crippen molar-refractivity contribution in [1.82, 2.24) is 9.21 Å². The lowest BCUT2D eigenvalue weighted by atomic mass is 10.2. The number of ether oxygens (including phenoxy) is 1. The van der Waals surface area contributed by atoms with Crippen LogP contribution in [0.15, 0.2) is 53.4 Å². The summed E-state index contributed by atoms with van der Waals surface area (Å²) in [6.45, 7) is 6.23. The number of amides is 1. The van der Waals surface area contributed by atoms with Gasteiger partial charge in [0.15, 0.2) is 0 Å². The summed E-state index contributed by atoms with van der Waals surface area (Å²) in [6, 6.07) is 13.2. The lowest BCUT2D eigenvalue weighted by molar-refractivity contribution is 0.102. The van der Waals surface area contributed by atoms with Crippen LogP contribution in [0.5, 0.6) is 5.75 Å². The number of nitrogens with one attached hydrogen (secondary N) is 1. The van der Waals surface area contributed by atoms with Gasteiger partial charge >= 0.3 is 0 Å². The highest BCUT2D eigenvalue weighted by Gasteiger charge is 2.27. The smallest absolute Gasteiger partial charge is 0.255 e. The molecule has 3 rings (SSSR count). The third kappa shape index (κ3) is 5.35. The third-order valence-electron chi connectivity index (χ3n) is 4.68. The average Bonchev–Trinajstić information content (AvgIpc) is 2.68.